The number of amides is 3. The van der Waals surface area contributed by atoms with E-state index in [0.29, 0.717) is 31.4 Å². The standard InChI is InChI=1S/C28H26FN3O3/c29-21-11-13-22(14-12-21)30-28(35)25-15-9-18-5-2-4-8-24(18)32(25)26(33)16-10-20-17-19-6-1-3-7-23(19)31-27(20)34/h1-8,11-14,20,25H,9-10,15-17H2,(H,30,35)(H,31,34). The van der Waals surface area contributed by atoms with Crippen molar-refractivity contribution in [2.75, 3.05) is 15.5 Å². The monoisotopic (exact) mass is 471 g/mol. The van der Waals surface area contributed by atoms with Crippen molar-refractivity contribution >= 4 is 34.8 Å². The molecule has 2 aliphatic heterocycles. The van der Waals surface area contributed by atoms with Gasteiger partial charge in [0.2, 0.25) is 17.7 Å². The van der Waals surface area contributed by atoms with E-state index in [1.807, 2.05) is 48.5 Å². The molecule has 3 aromatic rings. The van der Waals surface area contributed by atoms with E-state index in [-0.39, 0.29) is 35.9 Å². The van der Waals surface area contributed by atoms with Crippen molar-refractivity contribution in [3.63, 3.8) is 0 Å². The van der Waals surface area contributed by atoms with Gasteiger partial charge in [0.05, 0.1) is 0 Å². The van der Waals surface area contributed by atoms with E-state index in [2.05, 4.69) is 10.6 Å². The first-order valence-corrected chi connectivity index (χ1v) is 11.8. The number of nitrogens with one attached hydrogen (secondary N) is 2. The van der Waals surface area contributed by atoms with Gasteiger partial charge < -0.3 is 10.6 Å². The van der Waals surface area contributed by atoms with Crippen LogP contribution in [0.5, 0.6) is 0 Å². The molecule has 2 aliphatic rings. The van der Waals surface area contributed by atoms with Crippen LogP contribution in [0.1, 0.15) is 30.4 Å². The van der Waals surface area contributed by atoms with Gasteiger partial charge in [0.1, 0.15) is 11.9 Å². The van der Waals surface area contributed by atoms with Gasteiger partial charge in [-0.15, -0.1) is 0 Å². The number of nitrogens with zero attached hydrogens (tertiary/aromatic N) is 1. The van der Waals surface area contributed by atoms with Crippen LogP contribution in [0.2, 0.25) is 0 Å². The minimum Gasteiger partial charge on any atom is -0.326 e. The highest BCUT2D eigenvalue weighted by molar-refractivity contribution is 6.06. The van der Waals surface area contributed by atoms with Crippen molar-refractivity contribution in [1.82, 2.24) is 0 Å². The third-order valence-corrected chi connectivity index (χ3v) is 6.75. The van der Waals surface area contributed by atoms with Crippen LogP contribution in [-0.2, 0) is 27.2 Å². The molecule has 178 valence electrons. The molecule has 2 heterocycles. The average molecular weight is 472 g/mol. The van der Waals surface area contributed by atoms with E-state index >= 15 is 0 Å². The fourth-order valence-electron chi connectivity index (χ4n) is 4.93. The van der Waals surface area contributed by atoms with Crippen LogP contribution in [0.25, 0.3) is 0 Å². The predicted molar refractivity (Wildman–Crippen MR) is 133 cm³/mol. The van der Waals surface area contributed by atoms with Crippen molar-refractivity contribution in [3.05, 3.63) is 89.7 Å². The number of aryl methyl sites for hydroxylation is 1. The third-order valence-electron chi connectivity index (χ3n) is 6.75. The molecule has 5 rings (SSSR count). The number of anilines is 3. The van der Waals surface area contributed by atoms with Crippen LogP contribution in [0.4, 0.5) is 21.5 Å². The number of fused-ring (bicyclic) bond motifs is 2. The molecule has 0 spiro atoms. The minimum atomic E-state index is -0.691. The lowest BCUT2D eigenvalue weighted by atomic mass is 9.89. The second-order valence-electron chi connectivity index (χ2n) is 9.03. The van der Waals surface area contributed by atoms with Gasteiger partial charge in [-0.3, -0.25) is 19.3 Å². The largest absolute Gasteiger partial charge is 0.326 e. The van der Waals surface area contributed by atoms with Gasteiger partial charge in [0.15, 0.2) is 0 Å². The molecule has 0 saturated carbocycles. The summed E-state index contributed by atoms with van der Waals surface area (Å²) >= 11 is 0. The summed E-state index contributed by atoms with van der Waals surface area (Å²) in [5, 5.41) is 5.75. The molecule has 35 heavy (non-hydrogen) atoms. The van der Waals surface area contributed by atoms with Crippen LogP contribution in [0.3, 0.4) is 0 Å². The maximum absolute atomic E-state index is 13.5. The summed E-state index contributed by atoms with van der Waals surface area (Å²) in [7, 11) is 0. The molecule has 0 aliphatic carbocycles. The first kappa shape index (κ1) is 22.8. The van der Waals surface area contributed by atoms with Gasteiger partial charge in [0.25, 0.3) is 0 Å². The molecule has 7 heteroatoms. The van der Waals surface area contributed by atoms with E-state index in [4.69, 9.17) is 0 Å². The lowest BCUT2D eigenvalue weighted by molar-refractivity contribution is -0.125. The molecule has 0 fully saturated rings. The van der Waals surface area contributed by atoms with Crippen LogP contribution in [0, 0.1) is 11.7 Å². The fraction of sp³-hybridized carbons (Fsp3) is 0.250. The van der Waals surface area contributed by atoms with Gasteiger partial charge in [-0.05, 0) is 73.2 Å². The van der Waals surface area contributed by atoms with E-state index in [1.165, 1.54) is 24.3 Å². The molecule has 2 unspecified atom stereocenters. The van der Waals surface area contributed by atoms with Gasteiger partial charge in [-0.25, -0.2) is 4.39 Å². The topological polar surface area (TPSA) is 78.5 Å². The van der Waals surface area contributed by atoms with E-state index in [1.54, 1.807) is 4.90 Å². The molecular weight excluding hydrogens is 445 g/mol. The molecule has 0 saturated heterocycles. The summed E-state index contributed by atoms with van der Waals surface area (Å²) in [6.45, 7) is 0. The highest BCUT2D eigenvalue weighted by atomic mass is 19.1. The molecule has 3 aromatic carbocycles. The second kappa shape index (κ2) is 9.70. The summed E-state index contributed by atoms with van der Waals surface area (Å²) in [6, 6.07) is 20.1. The van der Waals surface area contributed by atoms with E-state index in [9.17, 15) is 18.8 Å². The Bertz CT molecular complexity index is 1270. The molecule has 0 aromatic heterocycles. The van der Waals surface area contributed by atoms with Crippen molar-refractivity contribution in [1.29, 1.82) is 0 Å². The molecule has 2 N–H and O–H groups in total. The van der Waals surface area contributed by atoms with Crippen LogP contribution < -0.4 is 15.5 Å². The minimum absolute atomic E-state index is 0.0823. The molecule has 0 radical (unpaired) electrons. The first-order chi connectivity index (χ1) is 17.0. The van der Waals surface area contributed by atoms with Crippen LogP contribution in [0.15, 0.2) is 72.8 Å². The zero-order valence-corrected chi connectivity index (χ0v) is 19.2. The van der Waals surface area contributed by atoms with Crippen LogP contribution >= 0.6 is 0 Å². The summed E-state index contributed by atoms with van der Waals surface area (Å²) < 4.78 is 13.3. The fourth-order valence-corrected chi connectivity index (χ4v) is 4.93. The Hall–Kier alpha value is -4.00. The van der Waals surface area contributed by atoms with Crippen molar-refractivity contribution in [3.8, 4) is 0 Å². The number of hydrogen-bond acceptors (Lipinski definition) is 3. The maximum Gasteiger partial charge on any atom is 0.247 e. The Balaban J connectivity index is 1.33. The number of para-hydroxylation sites is 2. The summed E-state index contributed by atoms with van der Waals surface area (Å²) in [6.07, 6.45) is 2.27. The van der Waals surface area contributed by atoms with E-state index < -0.39 is 6.04 Å². The van der Waals surface area contributed by atoms with E-state index in [0.717, 1.165) is 22.5 Å². The molecular formula is C28H26FN3O3. The second-order valence-corrected chi connectivity index (χ2v) is 9.03. The first-order valence-electron chi connectivity index (χ1n) is 11.8. The normalized spacial score (nSPS) is 18.8. The van der Waals surface area contributed by atoms with Crippen molar-refractivity contribution in [2.24, 2.45) is 5.92 Å². The Morgan fingerprint density at radius 2 is 1.69 bits per heavy atom. The van der Waals surface area contributed by atoms with Gasteiger partial charge in [-0.1, -0.05) is 36.4 Å². The Labute approximate surface area is 203 Å². The Morgan fingerprint density at radius 1 is 0.971 bits per heavy atom. The van der Waals surface area contributed by atoms with Gasteiger partial charge >= 0.3 is 0 Å². The number of rotatable bonds is 5. The van der Waals surface area contributed by atoms with Crippen LogP contribution in [-0.4, -0.2) is 23.8 Å². The molecule has 3 amide bonds. The predicted octanol–water partition coefficient (Wildman–Crippen LogP) is 4.70. The Kier molecular flexibility index (Phi) is 6.31. The highest BCUT2D eigenvalue weighted by Gasteiger charge is 2.36. The van der Waals surface area contributed by atoms with Crippen molar-refractivity contribution < 1.29 is 18.8 Å². The lowest BCUT2D eigenvalue weighted by Crippen LogP contribution is -2.50. The summed E-state index contributed by atoms with van der Waals surface area (Å²) in [5.74, 6) is -1.28. The molecule has 0 bridgehead atoms. The molecule has 6 nitrogen and oxygen atoms in total. The molecule has 2 atom stereocenters. The zero-order valence-electron chi connectivity index (χ0n) is 19.2. The number of carbonyl (C=O) groups is 3. The maximum atomic E-state index is 13.5. The summed E-state index contributed by atoms with van der Waals surface area (Å²) in [5.41, 5.74) is 4.09. The van der Waals surface area contributed by atoms with Gasteiger partial charge in [-0.2, -0.15) is 0 Å². The number of hydrogen-bond donors (Lipinski definition) is 2. The average Bonchev–Trinajstić information content (AvgIpc) is 2.87. The third kappa shape index (κ3) is 4.80. The highest BCUT2D eigenvalue weighted by Crippen LogP contribution is 2.33. The quantitative estimate of drug-likeness (QED) is 0.566. The Morgan fingerprint density at radius 3 is 2.49 bits per heavy atom. The smallest absolute Gasteiger partial charge is 0.247 e. The number of carbonyl (C=O) groups excluding carboxylic acids is 3. The van der Waals surface area contributed by atoms with Gasteiger partial charge in [0, 0.05) is 29.4 Å². The van der Waals surface area contributed by atoms with Crippen molar-refractivity contribution in [2.45, 2.75) is 38.1 Å². The number of halogens is 1. The number of benzene rings is 3. The zero-order chi connectivity index (χ0) is 24.4. The SMILES string of the molecule is O=C1Nc2ccccc2CC1CCC(=O)N1c2ccccc2CCC1C(=O)Nc1ccc(F)cc1. The lowest BCUT2D eigenvalue weighted by Gasteiger charge is -2.36. The summed E-state index contributed by atoms with van der Waals surface area (Å²) in [4.78, 5) is 40.9.